The molecule has 0 aliphatic heterocycles. The van der Waals surface area contributed by atoms with E-state index in [2.05, 4.69) is 0 Å². The summed E-state index contributed by atoms with van der Waals surface area (Å²) in [7, 11) is 0. The minimum absolute atomic E-state index is 0.0455. The lowest BCUT2D eigenvalue weighted by Crippen LogP contribution is -2.31. The summed E-state index contributed by atoms with van der Waals surface area (Å²) in [6, 6.07) is 4.62. The lowest BCUT2D eigenvalue weighted by atomic mass is 10.0. The van der Waals surface area contributed by atoms with Crippen molar-refractivity contribution in [2.24, 2.45) is 0 Å². The van der Waals surface area contributed by atoms with Crippen LogP contribution in [0.5, 0.6) is 5.75 Å². The second-order valence-electron chi connectivity index (χ2n) is 4.14. The van der Waals surface area contributed by atoms with Crippen molar-refractivity contribution in [3.63, 3.8) is 0 Å². The largest absolute Gasteiger partial charge is 0.481 e. The Morgan fingerprint density at radius 2 is 1.76 bits per heavy atom. The monoisotopic (exact) mass is 266 g/mol. The van der Waals surface area contributed by atoms with Crippen LogP contribution in [0.2, 0.25) is 5.02 Å². The van der Waals surface area contributed by atoms with Gasteiger partial charge in [-0.1, -0.05) is 25.4 Å². The molecule has 0 aromatic heterocycles. The zero-order valence-corrected chi connectivity index (χ0v) is 10.6. The van der Waals surface area contributed by atoms with Gasteiger partial charge in [-0.05, 0) is 36.6 Å². The maximum absolute atomic E-state index is 12.4. The summed E-state index contributed by atoms with van der Waals surface area (Å²) in [5.41, 5.74) is 0.675. The molecule has 0 radical (unpaired) electrons. The van der Waals surface area contributed by atoms with E-state index in [1.54, 1.807) is 6.07 Å². The van der Waals surface area contributed by atoms with Gasteiger partial charge in [0.2, 0.25) is 0 Å². The molecule has 0 heterocycles. The predicted molar refractivity (Wildman–Crippen MR) is 61.7 cm³/mol. The second kappa shape index (κ2) is 5.17. The summed E-state index contributed by atoms with van der Waals surface area (Å²) < 4.78 is 42.1. The van der Waals surface area contributed by atoms with Crippen LogP contribution in [0.3, 0.4) is 0 Å². The van der Waals surface area contributed by atoms with Gasteiger partial charge < -0.3 is 4.74 Å². The van der Waals surface area contributed by atoms with Gasteiger partial charge in [0.1, 0.15) is 5.75 Å². The van der Waals surface area contributed by atoms with Crippen molar-refractivity contribution in [3.05, 3.63) is 28.8 Å². The highest BCUT2D eigenvalue weighted by Gasteiger charge is 2.38. The first-order valence-corrected chi connectivity index (χ1v) is 5.62. The van der Waals surface area contributed by atoms with Crippen LogP contribution in [-0.4, -0.2) is 12.3 Å². The van der Waals surface area contributed by atoms with Crippen LogP contribution in [0.1, 0.15) is 32.3 Å². The van der Waals surface area contributed by atoms with Crippen molar-refractivity contribution < 1.29 is 17.9 Å². The summed E-state index contributed by atoms with van der Waals surface area (Å²) in [6.07, 6.45) is -6.20. The number of benzene rings is 1. The first-order valence-electron chi connectivity index (χ1n) is 5.24. The van der Waals surface area contributed by atoms with Crippen LogP contribution in [0.15, 0.2) is 18.2 Å². The molecule has 0 fully saturated rings. The van der Waals surface area contributed by atoms with Crippen molar-refractivity contribution in [1.29, 1.82) is 0 Å². The molecule has 1 nitrogen and oxygen atoms in total. The van der Waals surface area contributed by atoms with E-state index in [0.717, 1.165) is 6.92 Å². The molecule has 0 spiro atoms. The topological polar surface area (TPSA) is 9.23 Å². The molecule has 0 N–H and O–H groups in total. The van der Waals surface area contributed by atoms with Crippen molar-refractivity contribution in [2.45, 2.75) is 39.0 Å². The van der Waals surface area contributed by atoms with Gasteiger partial charge in [0.25, 0.3) is 0 Å². The van der Waals surface area contributed by atoms with E-state index in [9.17, 15) is 13.2 Å². The van der Waals surface area contributed by atoms with E-state index in [4.69, 9.17) is 16.3 Å². The van der Waals surface area contributed by atoms with E-state index in [1.807, 2.05) is 13.8 Å². The minimum Gasteiger partial charge on any atom is -0.481 e. The molecule has 0 saturated carbocycles. The Bertz CT molecular complexity index is 388. The van der Waals surface area contributed by atoms with Gasteiger partial charge in [0.05, 0.1) is 0 Å². The third kappa shape index (κ3) is 3.80. The second-order valence-corrected chi connectivity index (χ2v) is 4.57. The Hall–Kier alpha value is -0.900. The molecule has 17 heavy (non-hydrogen) atoms. The zero-order chi connectivity index (χ0) is 13.2. The molecular formula is C12H14ClF3O. The lowest BCUT2D eigenvalue weighted by molar-refractivity contribution is -0.189. The van der Waals surface area contributed by atoms with E-state index in [0.29, 0.717) is 10.6 Å². The molecule has 0 aliphatic rings. The number of hydrogen-bond acceptors (Lipinski definition) is 1. The highest BCUT2D eigenvalue weighted by Crippen LogP contribution is 2.32. The lowest BCUT2D eigenvalue weighted by Gasteiger charge is -2.21. The fourth-order valence-electron chi connectivity index (χ4n) is 1.34. The smallest absolute Gasteiger partial charge is 0.425 e. The average molecular weight is 267 g/mol. The summed E-state index contributed by atoms with van der Waals surface area (Å²) in [6.45, 7) is 4.73. The van der Waals surface area contributed by atoms with Gasteiger partial charge in [0, 0.05) is 5.02 Å². The molecule has 96 valence electrons. The summed E-state index contributed by atoms with van der Waals surface area (Å²) >= 11 is 5.81. The number of halogens is 4. The molecule has 0 bridgehead atoms. The third-order valence-electron chi connectivity index (χ3n) is 2.36. The Morgan fingerprint density at radius 1 is 1.18 bits per heavy atom. The van der Waals surface area contributed by atoms with Gasteiger partial charge in [-0.2, -0.15) is 13.2 Å². The maximum Gasteiger partial charge on any atom is 0.425 e. The molecule has 5 heteroatoms. The molecule has 1 aromatic carbocycles. The van der Waals surface area contributed by atoms with Crippen molar-refractivity contribution in [2.75, 3.05) is 0 Å². The number of rotatable bonds is 3. The number of hydrogen-bond donors (Lipinski definition) is 0. The summed E-state index contributed by atoms with van der Waals surface area (Å²) in [5, 5.41) is 0.487. The van der Waals surface area contributed by atoms with Gasteiger partial charge in [-0.15, -0.1) is 0 Å². The molecule has 1 atom stereocenters. The fourth-order valence-corrected chi connectivity index (χ4v) is 1.52. The number of ether oxygens (including phenoxy) is 1. The molecule has 1 unspecified atom stereocenters. The highest BCUT2D eigenvalue weighted by molar-refractivity contribution is 6.30. The van der Waals surface area contributed by atoms with Gasteiger partial charge in [-0.3, -0.25) is 0 Å². The minimum atomic E-state index is -4.37. The molecule has 1 rings (SSSR count). The van der Waals surface area contributed by atoms with Crippen LogP contribution in [0, 0.1) is 0 Å². The normalized spacial score (nSPS) is 13.9. The van der Waals surface area contributed by atoms with Crippen LogP contribution in [-0.2, 0) is 0 Å². The zero-order valence-electron chi connectivity index (χ0n) is 9.81. The Morgan fingerprint density at radius 3 is 2.24 bits per heavy atom. The van der Waals surface area contributed by atoms with E-state index in [-0.39, 0.29) is 11.7 Å². The van der Waals surface area contributed by atoms with Crippen molar-refractivity contribution >= 4 is 11.6 Å². The fraction of sp³-hybridized carbons (Fsp3) is 0.500. The first kappa shape index (κ1) is 14.2. The van der Waals surface area contributed by atoms with Crippen LogP contribution < -0.4 is 4.74 Å². The quantitative estimate of drug-likeness (QED) is 0.764. The summed E-state index contributed by atoms with van der Waals surface area (Å²) in [4.78, 5) is 0. The van der Waals surface area contributed by atoms with Gasteiger partial charge >= 0.3 is 6.18 Å². The Kier molecular flexibility index (Phi) is 4.31. The first-order chi connectivity index (χ1) is 7.71. The maximum atomic E-state index is 12.4. The number of alkyl halides is 3. The molecule has 0 amide bonds. The molecular weight excluding hydrogens is 253 g/mol. The molecule has 0 saturated heterocycles. The highest BCUT2D eigenvalue weighted by atomic mass is 35.5. The third-order valence-corrected chi connectivity index (χ3v) is 2.59. The average Bonchev–Trinajstić information content (AvgIpc) is 2.18. The molecule has 1 aromatic rings. The van der Waals surface area contributed by atoms with Crippen molar-refractivity contribution in [3.8, 4) is 5.75 Å². The Labute approximate surface area is 104 Å². The standard InChI is InChI=1S/C12H14ClF3O/c1-7(2)10-6-9(13)4-5-11(10)17-8(3)12(14,15)16/h4-8H,1-3H3. The Balaban J connectivity index is 2.98. The van der Waals surface area contributed by atoms with Crippen LogP contribution in [0.25, 0.3) is 0 Å². The van der Waals surface area contributed by atoms with Crippen LogP contribution in [0.4, 0.5) is 13.2 Å². The SMILES string of the molecule is CC(C)c1cc(Cl)ccc1OC(C)C(F)(F)F. The summed E-state index contributed by atoms with van der Waals surface area (Å²) in [5.74, 6) is 0.276. The van der Waals surface area contributed by atoms with E-state index >= 15 is 0 Å². The predicted octanol–water partition coefficient (Wildman–Crippen LogP) is 4.79. The van der Waals surface area contributed by atoms with E-state index in [1.165, 1.54) is 12.1 Å². The van der Waals surface area contributed by atoms with Gasteiger partial charge in [0.15, 0.2) is 6.10 Å². The van der Waals surface area contributed by atoms with Gasteiger partial charge in [-0.25, -0.2) is 0 Å². The van der Waals surface area contributed by atoms with E-state index < -0.39 is 12.3 Å². The van der Waals surface area contributed by atoms with Crippen LogP contribution >= 0.6 is 11.6 Å². The van der Waals surface area contributed by atoms with Crippen molar-refractivity contribution in [1.82, 2.24) is 0 Å². The molecule has 0 aliphatic carbocycles.